The molecule has 172 valence electrons. The Morgan fingerprint density at radius 1 is 1.09 bits per heavy atom. The van der Waals surface area contributed by atoms with Gasteiger partial charge in [0.2, 0.25) is 0 Å². The minimum Gasteiger partial charge on any atom is -0.493 e. The van der Waals surface area contributed by atoms with Gasteiger partial charge < -0.3 is 14.8 Å². The average Bonchev–Trinajstić information content (AvgIpc) is 2.82. The van der Waals surface area contributed by atoms with E-state index in [1.165, 1.54) is 6.07 Å². The molecule has 3 aromatic rings. The first-order valence-corrected chi connectivity index (χ1v) is 11.1. The van der Waals surface area contributed by atoms with Gasteiger partial charge in [-0.3, -0.25) is 9.69 Å². The Balaban J connectivity index is 1.64. The van der Waals surface area contributed by atoms with Crippen molar-refractivity contribution in [1.82, 2.24) is 10.2 Å². The first-order valence-electron chi connectivity index (χ1n) is 10.8. The van der Waals surface area contributed by atoms with Crippen molar-refractivity contribution >= 4 is 17.5 Å². The van der Waals surface area contributed by atoms with E-state index in [0.717, 1.165) is 29.7 Å². The molecule has 0 bridgehead atoms. The summed E-state index contributed by atoms with van der Waals surface area (Å²) in [5.41, 5.74) is 3.50. The number of nitrogens with one attached hydrogen (secondary N) is 1. The lowest BCUT2D eigenvalue weighted by atomic mass is 9.91. The fourth-order valence-corrected chi connectivity index (χ4v) is 4.53. The summed E-state index contributed by atoms with van der Waals surface area (Å²) in [4.78, 5) is 15.1. The monoisotopic (exact) mass is 468 g/mol. The standard InChI is InChI=1S/C26H26ClFN2O3/c1-32-24-13-18-10-11-30(16-17-6-5-7-19(28)12-17)23(21(18)14-25(24)33-2)15-29-26(31)20-8-3-4-9-22(20)27/h3-9,12-14,23H,10-11,15-16H2,1-2H3,(H,29,31). The second-order valence-electron chi connectivity index (χ2n) is 7.96. The van der Waals surface area contributed by atoms with Gasteiger partial charge in [0.1, 0.15) is 5.82 Å². The minimum absolute atomic E-state index is 0.136. The van der Waals surface area contributed by atoms with Gasteiger partial charge in [0.15, 0.2) is 11.5 Å². The van der Waals surface area contributed by atoms with E-state index >= 15 is 0 Å². The molecule has 1 atom stereocenters. The highest BCUT2D eigenvalue weighted by Gasteiger charge is 2.30. The molecule has 1 unspecified atom stereocenters. The maximum atomic E-state index is 13.8. The molecule has 0 spiro atoms. The Hall–Kier alpha value is -3.09. The fourth-order valence-electron chi connectivity index (χ4n) is 4.31. The molecule has 0 saturated heterocycles. The predicted molar refractivity (Wildman–Crippen MR) is 127 cm³/mol. The van der Waals surface area contributed by atoms with Gasteiger partial charge in [-0.25, -0.2) is 4.39 Å². The summed E-state index contributed by atoms with van der Waals surface area (Å²) < 4.78 is 24.8. The molecule has 1 amide bonds. The van der Waals surface area contributed by atoms with Crippen molar-refractivity contribution in [3.05, 3.63) is 93.8 Å². The van der Waals surface area contributed by atoms with Crippen LogP contribution in [0.4, 0.5) is 4.39 Å². The molecule has 1 aliphatic heterocycles. The number of nitrogens with zero attached hydrogens (tertiary/aromatic N) is 1. The van der Waals surface area contributed by atoms with E-state index in [-0.39, 0.29) is 17.8 Å². The fraction of sp³-hybridized carbons (Fsp3) is 0.269. The summed E-state index contributed by atoms with van der Waals surface area (Å²) in [6.07, 6.45) is 0.806. The molecule has 1 heterocycles. The summed E-state index contributed by atoms with van der Waals surface area (Å²) in [6, 6.07) is 17.4. The molecule has 0 fully saturated rings. The second-order valence-corrected chi connectivity index (χ2v) is 8.37. The molecule has 0 saturated carbocycles. The third kappa shape index (κ3) is 5.13. The zero-order chi connectivity index (χ0) is 23.4. The lowest BCUT2D eigenvalue weighted by Crippen LogP contribution is -2.41. The van der Waals surface area contributed by atoms with Crippen LogP contribution < -0.4 is 14.8 Å². The van der Waals surface area contributed by atoms with Gasteiger partial charge in [-0.1, -0.05) is 35.9 Å². The predicted octanol–water partition coefficient (Wildman–Crippen LogP) is 5.03. The highest BCUT2D eigenvalue weighted by Crippen LogP contribution is 2.38. The Labute approximate surface area is 198 Å². The molecule has 0 radical (unpaired) electrons. The van der Waals surface area contributed by atoms with E-state index < -0.39 is 0 Å². The Kier molecular flexibility index (Phi) is 7.16. The SMILES string of the molecule is COc1cc2c(cc1OC)C(CNC(=O)c1ccccc1Cl)N(Cc1cccc(F)c1)CC2. The minimum atomic E-state index is -0.264. The topological polar surface area (TPSA) is 50.8 Å². The van der Waals surface area contributed by atoms with Crippen molar-refractivity contribution in [3.8, 4) is 11.5 Å². The van der Waals surface area contributed by atoms with E-state index in [1.807, 2.05) is 18.2 Å². The zero-order valence-corrected chi connectivity index (χ0v) is 19.4. The number of carbonyl (C=O) groups excluding carboxylic acids is 1. The molecule has 1 N–H and O–H groups in total. The molecule has 7 heteroatoms. The lowest BCUT2D eigenvalue weighted by molar-refractivity contribution is 0.0926. The first kappa shape index (κ1) is 23.1. The number of ether oxygens (including phenoxy) is 2. The molecule has 3 aromatic carbocycles. The number of amides is 1. The summed E-state index contributed by atoms with van der Waals surface area (Å²) in [7, 11) is 3.22. The van der Waals surface area contributed by atoms with Crippen molar-refractivity contribution in [3.63, 3.8) is 0 Å². The maximum absolute atomic E-state index is 13.8. The normalized spacial score (nSPS) is 15.6. The summed E-state index contributed by atoms with van der Waals surface area (Å²) >= 11 is 6.21. The quantitative estimate of drug-likeness (QED) is 0.528. The van der Waals surface area contributed by atoms with Crippen molar-refractivity contribution < 1.29 is 18.7 Å². The van der Waals surface area contributed by atoms with Gasteiger partial charge in [-0.2, -0.15) is 0 Å². The number of fused-ring (bicyclic) bond motifs is 1. The van der Waals surface area contributed by atoms with E-state index in [9.17, 15) is 9.18 Å². The van der Waals surface area contributed by atoms with Crippen LogP contribution in [0.25, 0.3) is 0 Å². The van der Waals surface area contributed by atoms with Gasteiger partial charge in [-0.15, -0.1) is 0 Å². The van der Waals surface area contributed by atoms with Gasteiger partial charge in [0, 0.05) is 19.6 Å². The molecule has 4 rings (SSSR count). The second kappa shape index (κ2) is 10.2. The first-order chi connectivity index (χ1) is 16.0. The van der Waals surface area contributed by atoms with Crippen LogP contribution in [-0.4, -0.2) is 38.1 Å². The van der Waals surface area contributed by atoms with Crippen LogP contribution in [0.3, 0.4) is 0 Å². The summed E-state index contributed by atoms with van der Waals surface area (Å²) in [6.45, 7) is 1.67. The van der Waals surface area contributed by atoms with Crippen LogP contribution in [-0.2, 0) is 13.0 Å². The summed E-state index contributed by atoms with van der Waals surface area (Å²) in [5, 5.41) is 3.44. The number of benzene rings is 3. The largest absolute Gasteiger partial charge is 0.493 e. The lowest BCUT2D eigenvalue weighted by Gasteiger charge is -2.38. The number of hydrogen-bond donors (Lipinski definition) is 1. The number of methoxy groups -OCH3 is 2. The third-order valence-electron chi connectivity index (χ3n) is 5.96. The molecule has 5 nitrogen and oxygen atoms in total. The molecule has 1 aliphatic rings. The Morgan fingerprint density at radius 2 is 1.85 bits per heavy atom. The molecule has 0 aromatic heterocycles. The van der Waals surface area contributed by atoms with Gasteiger partial charge >= 0.3 is 0 Å². The zero-order valence-electron chi connectivity index (χ0n) is 18.6. The highest BCUT2D eigenvalue weighted by molar-refractivity contribution is 6.33. The number of hydrogen-bond acceptors (Lipinski definition) is 4. The van der Waals surface area contributed by atoms with Crippen molar-refractivity contribution in [2.24, 2.45) is 0 Å². The highest BCUT2D eigenvalue weighted by atomic mass is 35.5. The Bertz CT molecular complexity index is 1150. The number of halogens is 2. The van der Waals surface area contributed by atoms with Crippen LogP contribution in [0.5, 0.6) is 11.5 Å². The van der Waals surface area contributed by atoms with E-state index in [4.69, 9.17) is 21.1 Å². The van der Waals surface area contributed by atoms with Gasteiger partial charge in [0.05, 0.1) is 30.8 Å². The molecule has 0 aliphatic carbocycles. The maximum Gasteiger partial charge on any atom is 0.252 e. The van der Waals surface area contributed by atoms with E-state index in [1.54, 1.807) is 50.6 Å². The van der Waals surface area contributed by atoms with E-state index in [0.29, 0.717) is 35.2 Å². The van der Waals surface area contributed by atoms with Gasteiger partial charge in [0.25, 0.3) is 5.91 Å². The average molecular weight is 469 g/mol. The van der Waals surface area contributed by atoms with Gasteiger partial charge in [-0.05, 0) is 59.5 Å². The van der Waals surface area contributed by atoms with E-state index in [2.05, 4.69) is 10.2 Å². The number of carbonyl (C=O) groups is 1. The molecular weight excluding hydrogens is 443 g/mol. The van der Waals surface area contributed by atoms with Crippen LogP contribution in [0.15, 0.2) is 60.7 Å². The number of rotatable bonds is 7. The summed E-state index contributed by atoms with van der Waals surface area (Å²) in [5.74, 6) is 0.804. The van der Waals surface area contributed by atoms with Crippen LogP contribution in [0, 0.1) is 5.82 Å². The van der Waals surface area contributed by atoms with Crippen LogP contribution in [0.1, 0.15) is 33.1 Å². The third-order valence-corrected chi connectivity index (χ3v) is 6.29. The molecular formula is C26H26ClFN2O3. The molecule has 33 heavy (non-hydrogen) atoms. The van der Waals surface area contributed by atoms with Crippen molar-refractivity contribution in [2.75, 3.05) is 27.3 Å². The van der Waals surface area contributed by atoms with Crippen LogP contribution in [0.2, 0.25) is 5.02 Å². The van der Waals surface area contributed by atoms with Crippen molar-refractivity contribution in [1.29, 1.82) is 0 Å². The van der Waals surface area contributed by atoms with Crippen molar-refractivity contribution in [2.45, 2.75) is 19.0 Å². The smallest absolute Gasteiger partial charge is 0.252 e. The Morgan fingerprint density at radius 3 is 2.58 bits per heavy atom. The van der Waals surface area contributed by atoms with Crippen LogP contribution >= 0.6 is 11.6 Å².